The summed E-state index contributed by atoms with van der Waals surface area (Å²) < 4.78 is 0. The fraction of sp³-hybridized carbons (Fsp3) is 0.500. The molecule has 1 saturated carbocycles. The van der Waals surface area contributed by atoms with Crippen LogP contribution in [0.4, 0.5) is 5.69 Å². The minimum Gasteiger partial charge on any atom is -0.345 e. The van der Waals surface area contributed by atoms with E-state index in [1.807, 2.05) is 12.1 Å². The van der Waals surface area contributed by atoms with Crippen molar-refractivity contribution in [3.8, 4) is 0 Å². The Morgan fingerprint density at radius 3 is 2.88 bits per heavy atom. The number of aromatic amines is 1. The predicted octanol–water partition coefficient (Wildman–Crippen LogP) is 2.98. The number of carbonyl (C=O) groups excluding carboxylic acids is 2. The zero-order chi connectivity index (χ0) is 16.9. The highest BCUT2D eigenvalue weighted by Crippen LogP contribution is 2.26. The standard InChI is InChI=1S/C18H24N4O2/c1-12(21-16(23)10-13-6-3-2-4-7-13)18(24)22-15-9-5-8-14-17(15)20-11-19-14/h5,8-9,11-13H,2-4,6-7,10H2,1H3,(H,19,20)(H,21,23)(H,22,24)/t12-/m1/s1. The molecule has 0 spiro atoms. The highest BCUT2D eigenvalue weighted by molar-refractivity contribution is 6.02. The Labute approximate surface area is 141 Å². The summed E-state index contributed by atoms with van der Waals surface area (Å²) in [5.74, 6) is 0.192. The van der Waals surface area contributed by atoms with Crippen molar-refractivity contribution >= 4 is 28.5 Å². The Hall–Kier alpha value is -2.37. The van der Waals surface area contributed by atoms with Crippen molar-refractivity contribution in [1.82, 2.24) is 15.3 Å². The van der Waals surface area contributed by atoms with E-state index in [4.69, 9.17) is 0 Å². The number of anilines is 1. The highest BCUT2D eigenvalue weighted by atomic mass is 16.2. The predicted molar refractivity (Wildman–Crippen MR) is 93.5 cm³/mol. The van der Waals surface area contributed by atoms with E-state index in [0.717, 1.165) is 18.4 Å². The summed E-state index contributed by atoms with van der Waals surface area (Å²) in [6, 6.07) is 4.98. The van der Waals surface area contributed by atoms with Crippen LogP contribution in [-0.4, -0.2) is 27.8 Å². The molecule has 1 aliphatic carbocycles. The monoisotopic (exact) mass is 328 g/mol. The highest BCUT2D eigenvalue weighted by Gasteiger charge is 2.21. The van der Waals surface area contributed by atoms with Gasteiger partial charge in [-0.3, -0.25) is 9.59 Å². The molecule has 128 valence electrons. The van der Waals surface area contributed by atoms with E-state index in [2.05, 4.69) is 20.6 Å². The summed E-state index contributed by atoms with van der Waals surface area (Å²) in [4.78, 5) is 31.7. The molecule has 2 aromatic rings. The van der Waals surface area contributed by atoms with Gasteiger partial charge >= 0.3 is 0 Å². The third kappa shape index (κ3) is 3.93. The van der Waals surface area contributed by atoms with Gasteiger partial charge in [0.1, 0.15) is 11.6 Å². The van der Waals surface area contributed by atoms with Gasteiger partial charge in [0.05, 0.1) is 17.5 Å². The molecule has 1 aromatic heterocycles. The molecule has 2 amide bonds. The van der Waals surface area contributed by atoms with Crippen LogP contribution in [0.5, 0.6) is 0 Å². The van der Waals surface area contributed by atoms with Crippen molar-refractivity contribution in [2.45, 2.75) is 51.5 Å². The summed E-state index contributed by atoms with van der Waals surface area (Å²) in [5.41, 5.74) is 2.22. The molecule has 1 fully saturated rings. The van der Waals surface area contributed by atoms with Crippen LogP contribution in [0.3, 0.4) is 0 Å². The van der Waals surface area contributed by atoms with Gasteiger partial charge < -0.3 is 15.6 Å². The SMILES string of the molecule is C[C@@H](NC(=O)CC1CCCCC1)C(=O)Nc1cccc2[nH]cnc12. The van der Waals surface area contributed by atoms with E-state index in [1.54, 1.807) is 19.3 Å². The second-order valence-corrected chi connectivity index (χ2v) is 6.59. The summed E-state index contributed by atoms with van der Waals surface area (Å²) in [7, 11) is 0. The number of nitrogens with zero attached hydrogens (tertiary/aromatic N) is 1. The van der Waals surface area contributed by atoms with E-state index < -0.39 is 6.04 Å². The Balaban J connectivity index is 1.54. The molecule has 1 heterocycles. The van der Waals surface area contributed by atoms with Crippen LogP contribution >= 0.6 is 0 Å². The molecule has 1 aromatic carbocycles. The molecule has 3 rings (SSSR count). The van der Waals surface area contributed by atoms with E-state index >= 15 is 0 Å². The quantitative estimate of drug-likeness (QED) is 0.788. The minimum absolute atomic E-state index is 0.0393. The second kappa shape index (κ2) is 7.47. The number of hydrogen-bond donors (Lipinski definition) is 3. The molecule has 1 atom stereocenters. The van der Waals surface area contributed by atoms with Gasteiger partial charge in [0.15, 0.2) is 0 Å². The Bertz CT molecular complexity index is 719. The average molecular weight is 328 g/mol. The first kappa shape index (κ1) is 16.5. The molecule has 24 heavy (non-hydrogen) atoms. The Morgan fingerprint density at radius 1 is 1.29 bits per heavy atom. The molecule has 3 N–H and O–H groups in total. The second-order valence-electron chi connectivity index (χ2n) is 6.59. The third-order valence-corrected chi connectivity index (χ3v) is 4.68. The summed E-state index contributed by atoms with van der Waals surface area (Å²) in [6.45, 7) is 1.71. The molecular weight excluding hydrogens is 304 g/mol. The van der Waals surface area contributed by atoms with Crippen LogP contribution in [-0.2, 0) is 9.59 Å². The maximum Gasteiger partial charge on any atom is 0.246 e. The lowest BCUT2D eigenvalue weighted by molar-refractivity contribution is -0.126. The number of hydrogen-bond acceptors (Lipinski definition) is 3. The Kier molecular flexibility index (Phi) is 5.13. The number of carbonyl (C=O) groups is 2. The number of benzene rings is 1. The molecular formula is C18H24N4O2. The number of aromatic nitrogens is 2. The topological polar surface area (TPSA) is 86.9 Å². The lowest BCUT2D eigenvalue weighted by Crippen LogP contribution is -2.42. The van der Waals surface area contributed by atoms with Crippen molar-refractivity contribution < 1.29 is 9.59 Å². The molecule has 0 aliphatic heterocycles. The maximum atomic E-state index is 12.3. The van der Waals surface area contributed by atoms with Gasteiger partial charge in [-0.15, -0.1) is 0 Å². The fourth-order valence-corrected chi connectivity index (χ4v) is 3.33. The van der Waals surface area contributed by atoms with Gasteiger partial charge in [0, 0.05) is 6.42 Å². The molecule has 0 saturated heterocycles. The number of amides is 2. The normalized spacial score (nSPS) is 16.7. The van der Waals surface area contributed by atoms with E-state index in [1.165, 1.54) is 19.3 Å². The molecule has 0 radical (unpaired) electrons. The van der Waals surface area contributed by atoms with Gasteiger partial charge in [-0.25, -0.2) is 4.98 Å². The zero-order valence-electron chi connectivity index (χ0n) is 14.0. The smallest absolute Gasteiger partial charge is 0.246 e. The first-order valence-corrected chi connectivity index (χ1v) is 8.66. The van der Waals surface area contributed by atoms with Crippen LogP contribution in [0.1, 0.15) is 45.4 Å². The number of imidazole rings is 1. The van der Waals surface area contributed by atoms with Crippen LogP contribution < -0.4 is 10.6 Å². The molecule has 1 aliphatic rings. The van der Waals surface area contributed by atoms with Crippen molar-refractivity contribution in [1.29, 1.82) is 0 Å². The fourth-order valence-electron chi connectivity index (χ4n) is 3.33. The number of para-hydroxylation sites is 1. The average Bonchev–Trinajstić information content (AvgIpc) is 3.05. The van der Waals surface area contributed by atoms with Gasteiger partial charge in [-0.05, 0) is 37.8 Å². The van der Waals surface area contributed by atoms with Crippen LogP contribution in [0.25, 0.3) is 11.0 Å². The summed E-state index contributed by atoms with van der Waals surface area (Å²) in [5, 5.41) is 5.65. The molecule has 6 nitrogen and oxygen atoms in total. The molecule has 0 unspecified atom stereocenters. The van der Waals surface area contributed by atoms with E-state index in [-0.39, 0.29) is 11.8 Å². The van der Waals surface area contributed by atoms with Crippen molar-refractivity contribution in [2.75, 3.05) is 5.32 Å². The van der Waals surface area contributed by atoms with Crippen LogP contribution in [0.2, 0.25) is 0 Å². The van der Waals surface area contributed by atoms with Crippen molar-refractivity contribution in [2.24, 2.45) is 5.92 Å². The van der Waals surface area contributed by atoms with Crippen LogP contribution in [0.15, 0.2) is 24.5 Å². The number of fused-ring (bicyclic) bond motifs is 1. The number of nitrogens with one attached hydrogen (secondary N) is 3. The van der Waals surface area contributed by atoms with Crippen molar-refractivity contribution in [3.05, 3.63) is 24.5 Å². The number of rotatable bonds is 5. The molecule has 0 bridgehead atoms. The van der Waals surface area contributed by atoms with Crippen LogP contribution in [0, 0.1) is 5.92 Å². The van der Waals surface area contributed by atoms with E-state index in [9.17, 15) is 9.59 Å². The minimum atomic E-state index is -0.574. The lowest BCUT2D eigenvalue weighted by Gasteiger charge is -2.22. The largest absolute Gasteiger partial charge is 0.345 e. The van der Waals surface area contributed by atoms with Gasteiger partial charge in [-0.1, -0.05) is 25.3 Å². The zero-order valence-corrected chi connectivity index (χ0v) is 14.0. The summed E-state index contributed by atoms with van der Waals surface area (Å²) in [6.07, 6.45) is 8.05. The third-order valence-electron chi connectivity index (χ3n) is 4.68. The number of H-pyrrole nitrogens is 1. The van der Waals surface area contributed by atoms with Gasteiger partial charge in [0.25, 0.3) is 0 Å². The first-order valence-electron chi connectivity index (χ1n) is 8.66. The van der Waals surface area contributed by atoms with Crippen molar-refractivity contribution in [3.63, 3.8) is 0 Å². The summed E-state index contributed by atoms with van der Waals surface area (Å²) >= 11 is 0. The van der Waals surface area contributed by atoms with Gasteiger partial charge in [0.2, 0.25) is 11.8 Å². The molecule has 6 heteroatoms. The van der Waals surface area contributed by atoms with Gasteiger partial charge in [-0.2, -0.15) is 0 Å². The maximum absolute atomic E-state index is 12.3. The van der Waals surface area contributed by atoms with E-state index in [0.29, 0.717) is 23.5 Å². The lowest BCUT2D eigenvalue weighted by atomic mass is 9.87. The first-order chi connectivity index (χ1) is 11.6. The Morgan fingerprint density at radius 2 is 2.08 bits per heavy atom.